The van der Waals surface area contributed by atoms with Crippen LogP contribution >= 0.6 is 0 Å². The fourth-order valence-corrected chi connectivity index (χ4v) is 1.91. The van der Waals surface area contributed by atoms with Crippen LogP contribution in [0, 0.1) is 5.41 Å². The van der Waals surface area contributed by atoms with Crippen molar-refractivity contribution < 1.29 is 0 Å². The van der Waals surface area contributed by atoms with Crippen LogP contribution in [0.5, 0.6) is 0 Å². The van der Waals surface area contributed by atoms with Gasteiger partial charge in [0.15, 0.2) is 5.96 Å². The van der Waals surface area contributed by atoms with E-state index in [0.29, 0.717) is 0 Å². The molecule has 2 rings (SSSR count). The number of rotatable bonds is 0. The average molecular weight is 189 g/mol. The molecule has 74 valence electrons. The number of nitrogens with two attached hydrogens (primary N) is 1. The van der Waals surface area contributed by atoms with Crippen molar-refractivity contribution in [2.75, 3.05) is 13.1 Å². The Hall–Kier alpha value is -1.51. The van der Waals surface area contributed by atoms with Gasteiger partial charge in [-0.3, -0.25) is 5.41 Å². The minimum Gasteiger partial charge on any atom is -0.370 e. The van der Waals surface area contributed by atoms with Gasteiger partial charge in [0, 0.05) is 13.1 Å². The maximum absolute atomic E-state index is 7.40. The molecule has 3 heteroatoms. The van der Waals surface area contributed by atoms with Gasteiger partial charge >= 0.3 is 0 Å². The zero-order valence-corrected chi connectivity index (χ0v) is 8.16. The molecule has 0 saturated heterocycles. The molecule has 0 radical (unpaired) electrons. The van der Waals surface area contributed by atoms with Crippen molar-refractivity contribution in [1.29, 1.82) is 5.41 Å². The van der Waals surface area contributed by atoms with Gasteiger partial charge in [-0.1, -0.05) is 24.3 Å². The maximum atomic E-state index is 7.40. The second-order valence-electron chi connectivity index (χ2n) is 3.64. The SMILES string of the molecule is N=C(N)N1CCc2ccccc2CC1. The fraction of sp³-hybridized carbons (Fsp3) is 0.364. The van der Waals surface area contributed by atoms with Gasteiger partial charge in [0.05, 0.1) is 0 Å². The summed E-state index contributed by atoms with van der Waals surface area (Å²) >= 11 is 0. The van der Waals surface area contributed by atoms with Gasteiger partial charge in [0.2, 0.25) is 0 Å². The Labute approximate surface area is 84.0 Å². The number of guanidine groups is 1. The molecule has 3 N–H and O–H groups in total. The summed E-state index contributed by atoms with van der Waals surface area (Å²) in [7, 11) is 0. The Morgan fingerprint density at radius 3 is 2.07 bits per heavy atom. The Morgan fingerprint density at radius 2 is 1.64 bits per heavy atom. The molecule has 0 fully saturated rings. The lowest BCUT2D eigenvalue weighted by Gasteiger charge is -2.19. The number of hydrogen-bond donors (Lipinski definition) is 2. The summed E-state index contributed by atoms with van der Waals surface area (Å²) < 4.78 is 0. The van der Waals surface area contributed by atoms with E-state index in [1.165, 1.54) is 11.1 Å². The first-order chi connectivity index (χ1) is 6.77. The van der Waals surface area contributed by atoms with Crippen LogP contribution < -0.4 is 5.73 Å². The van der Waals surface area contributed by atoms with E-state index in [1.54, 1.807) is 0 Å². The molecule has 0 atom stereocenters. The first-order valence-corrected chi connectivity index (χ1v) is 4.93. The summed E-state index contributed by atoms with van der Waals surface area (Å²) in [5.41, 5.74) is 8.28. The molecule has 0 bridgehead atoms. The number of fused-ring (bicyclic) bond motifs is 1. The Balaban J connectivity index is 2.18. The van der Waals surface area contributed by atoms with E-state index in [-0.39, 0.29) is 5.96 Å². The summed E-state index contributed by atoms with van der Waals surface area (Å²) in [5.74, 6) is 0.192. The van der Waals surface area contributed by atoms with Gasteiger partial charge in [-0.15, -0.1) is 0 Å². The van der Waals surface area contributed by atoms with Crippen LogP contribution in [0.25, 0.3) is 0 Å². The van der Waals surface area contributed by atoms with Crippen molar-refractivity contribution in [3.8, 4) is 0 Å². The van der Waals surface area contributed by atoms with Crippen LogP contribution in [0.4, 0.5) is 0 Å². The summed E-state index contributed by atoms with van der Waals surface area (Å²) in [6.07, 6.45) is 1.99. The molecule has 1 heterocycles. The van der Waals surface area contributed by atoms with E-state index in [1.807, 2.05) is 4.90 Å². The summed E-state index contributed by atoms with van der Waals surface area (Å²) in [6, 6.07) is 8.47. The lowest BCUT2D eigenvalue weighted by Crippen LogP contribution is -2.38. The third kappa shape index (κ3) is 1.71. The Morgan fingerprint density at radius 1 is 1.14 bits per heavy atom. The van der Waals surface area contributed by atoms with Crippen molar-refractivity contribution in [3.05, 3.63) is 35.4 Å². The molecule has 1 aromatic rings. The molecule has 3 nitrogen and oxygen atoms in total. The van der Waals surface area contributed by atoms with Crippen LogP contribution in [0.3, 0.4) is 0 Å². The van der Waals surface area contributed by atoms with Crippen molar-refractivity contribution in [2.45, 2.75) is 12.8 Å². The molecule has 0 spiro atoms. The highest BCUT2D eigenvalue weighted by atomic mass is 15.2. The third-order valence-corrected chi connectivity index (χ3v) is 2.76. The highest BCUT2D eigenvalue weighted by molar-refractivity contribution is 5.74. The van der Waals surface area contributed by atoms with E-state index in [9.17, 15) is 0 Å². The number of hydrogen-bond acceptors (Lipinski definition) is 1. The molecule has 0 saturated carbocycles. The van der Waals surface area contributed by atoms with Gasteiger partial charge in [-0.25, -0.2) is 0 Å². The second-order valence-corrected chi connectivity index (χ2v) is 3.64. The van der Waals surface area contributed by atoms with Crippen LogP contribution in [-0.4, -0.2) is 23.9 Å². The van der Waals surface area contributed by atoms with Crippen molar-refractivity contribution in [2.24, 2.45) is 5.73 Å². The number of nitrogens with one attached hydrogen (secondary N) is 1. The van der Waals surface area contributed by atoms with Gasteiger partial charge in [-0.05, 0) is 24.0 Å². The van der Waals surface area contributed by atoms with Gasteiger partial charge in [0.1, 0.15) is 0 Å². The molecule has 0 unspecified atom stereocenters. The zero-order chi connectivity index (χ0) is 9.97. The van der Waals surface area contributed by atoms with Crippen LogP contribution in [0.1, 0.15) is 11.1 Å². The molecule has 0 aromatic heterocycles. The van der Waals surface area contributed by atoms with E-state index < -0.39 is 0 Å². The van der Waals surface area contributed by atoms with Crippen molar-refractivity contribution in [3.63, 3.8) is 0 Å². The highest BCUT2D eigenvalue weighted by Crippen LogP contribution is 2.14. The summed E-state index contributed by atoms with van der Waals surface area (Å²) in [6.45, 7) is 1.73. The van der Waals surface area contributed by atoms with Gasteiger partial charge in [-0.2, -0.15) is 0 Å². The summed E-state index contributed by atoms with van der Waals surface area (Å²) in [4.78, 5) is 1.93. The number of benzene rings is 1. The van der Waals surface area contributed by atoms with Crippen LogP contribution in [0.2, 0.25) is 0 Å². The monoisotopic (exact) mass is 189 g/mol. The highest BCUT2D eigenvalue weighted by Gasteiger charge is 2.13. The third-order valence-electron chi connectivity index (χ3n) is 2.76. The maximum Gasteiger partial charge on any atom is 0.188 e. The standard InChI is InChI=1S/C11H15N3/c12-11(13)14-7-5-9-3-1-2-4-10(9)6-8-14/h1-4H,5-8H2,(H3,12,13). The predicted octanol–water partition coefficient (Wildman–Crippen LogP) is 0.981. The lowest BCUT2D eigenvalue weighted by atomic mass is 10.0. The average Bonchev–Trinajstić information content (AvgIpc) is 2.39. The molecule has 1 aromatic carbocycles. The van der Waals surface area contributed by atoms with E-state index in [0.717, 1.165) is 25.9 Å². The first kappa shape index (κ1) is 9.06. The minimum atomic E-state index is 0.192. The normalized spacial score (nSPS) is 15.9. The zero-order valence-electron chi connectivity index (χ0n) is 8.16. The van der Waals surface area contributed by atoms with Crippen LogP contribution in [-0.2, 0) is 12.8 Å². The Bertz CT molecular complexity index is 319. The number of nitrogens with zero attached hydrogens (tertiary/aromatic N) is 1. The first-order valence-electron chi connectivity index (χ1n) is 4.93. The second kappa shape index (κ2) is 3.70. The van der Waals surface area contributed by atoms with E-state index in [2.05, 4.69) is 24.3 Å². The smallest absolute Gasteiger partial charge is 0.188 e. The molecule has 1 aliphatic rings. The van der Waals surface area contributed by atoms with E-state index >= 15 is 0 Å². The molecular formula is C11H15N3. The molecule has 1 aliphatic heterocycles. The van der Waals surface area contributed by atoms with Gasteiger partial charge < -0.3 is 10.6 Å². The quantitative estimate of drug-likeness (QED) is 0.472. The topological polar surface area (TPSA) is 53.1 Å². The van der Waals surface area contributed by atoms with Crippen molar-refractivity contribution >= 4 is 5.96 Å². The fourth-order valence-electron chi connectivity index (χ4n) is 1.91. The summed E-state index contributed by atoms with van der Waals surface area (Å²) in [5, 5.41) is 7.40. The van der Waals surface area contributed by atoms with Crippen LogP contribution in [0.15, 0.2) is 24.3 Å². The van der Waals surface area contributed by atoms with Crippen molar-refractivity contribution in [1.82, 2.24) is 4.90 Å². The van der Waals surface area contributed by atoms with Gasteiger partial charge in [0.25, 0.3) is 0 Å². The largest absolute Gasteiger partial charge is 0.370 e. The minimum absolute atomic E-state index is 0.192. The molecule has 0 aliphatic carbocycles. The lowest BCUT2D eigenvalue weighted by molar-refractivity contribution is 0.431. The predicted molar refractivity (Wildman–Crippen MR) is 57.3 cm³/mol. The Kier molecular flexibility index (Phi) is 2.39. The molecule has 0 amide bonds. The molecule has 14 heavy (non-hydrogen) atoms. The molecular weight excluding hydrogens is 174 g/mol. The van der Waals surface area contributed by atoms with E-state index in [4.69, 9.17) is 11.1 Å².